The fourth-order valence-electron chi connectivity index (χ4n) is 1.96. The van der Waals surface area contributed by atoms with E-state index in [1.165, 1.54) is 0 Å². The third-order valence-electron chi connectivity index (χ3n) is 3.01. The van der Waals surface area contributed by atoms with Crippen molar-refractivity contribution < 1.29 is 15.6 Å². The molecule has 0 radical (unpaired) electrons. The summed E-state index contributed by atoms with van der Waals surface area (Å²) in [5.41, 5.74) is 6.14. The van der Waals surface area contributed by atoms with Gasteiger partial charge in [0.05, 0.1) is 5.69 Å². The minimum absolute atomic E-state index is 0.726. The third kappa shape index (κ3) is 4.86. The lowest BCUT2D eigenvalue weighted by molar-refractivity contribution is -0.253. The average Bonchev–Trinajstić information content (AvgIpc) is 2.41. The smallest absolute Gasteiger partial charge is 0.152 e. The van der Waals surface area contributed by atoms with Crippen LogP contribution >= 0.6 is 12.6 Å². The van der Waals surface area contributed by atoms with Gasteiger partial charge in [-0.2, -0.15) is 0 Å². The van der Waals surface area contributed by atoms with Crippen LogP contribution in [0.3, 0.4) is 0 Å². The number of nitrogens with one attached hydrogen (secondary N) is 1. The van der Waals surface area contributed by atoms with Gasteiger partial charge in [-0.1, -0.05) is 0 Å². The normalized spacial score (nSPS) is 15.8. The second-order valence-corrected chi connectivity index (χ2v) is 4.79. The minimum atomic E-state index is 0.726. The Hall–Kier alpha value is -0.750. The number of benzene rings is 1. The zero-order valence-corrected chi connectivity index (χ0v) is 11.7. The van der Waals surface area contributed by atoms with Crippen LogP contribution in [0.25, 0.3) is 0 Å². The summed E-state index contributed by atoms with van der Waals surface area (Å²) >= 11 is 4.29. The first-order valence-electron chi connectivity index (χ1n) is 6.17. The molecule has 0 atom stereocenters. The summed E-state index contributed by atoms with van der Waals surface area (Å²) in [5.74, 6) is 0.726. The molecule has 0 spiro atoms. The maximum absolute atomic E-state index is 7.00. The molecule has 1 fully saturated rings. The van der Waals surface area contributed by atoms with E-state index < -0.39 is 0 Å². The van der Waals surface area contributed by atoms with Gasteiger partial charge in [0.1, 0.15) is 0 Å². The van der Waals surface area contributed by atoms with Crippen molar-refractivity contribution in [1.82, 2.24) is 0 Å². The van der Waals surface area contributed by atoms with Crippen molar-refractivity contribution in [3.63, 3.8) is 0 Å². The van der Waals surface area contributed by atoms with Crippen LogP contribution in [0, 0.1) is 5.92 Å². The molecule has 5 heteroatoms. The third-order valence-corrected chi connectivity index (χ3v) is 3.29. The molecule has 0 aromatic heterocycles. The Morgan fingerprint density at radius 3 is 2.67 bits per heavy atom. The van der Waals surface area contributed by atoms with E-state index >= 15 is 0 Å². The van der Waals surface area contributed by atoms with E-state index in [9.17, 15) is 0 Å². The quantitative estimate of drug-likeness (QED) is 0.626. The molecule has 0 amide bonds. The Morgan fingerprint density at radius 2 is 2.06 bits per heavy atom. The second kappa shape index (κ2) is 8.37. The largest absolute Gasteiger partial charge is 0.400 e. The molecule has 1 aliphatic rings. The molecule has 0 unspecified atom stereocenters. The van der Waals surface area contributed by atoms with Crippen LogP contribution in [0.2, 0.25) is 0 Å². The van der Waals surface area contributed by atoms with Gasteiger partial charge in [-0.15, -0.1) is 12.6 Å². The van der Waals surface area contributed by atoms with E-state index in [1.807, 2.05) is 18.2 Å². The molecule has 1 saturated heterocycles. The lowest BCUT2D eigenvalue weighted by atomic mass is 10.0. The van der Waals surface area contributed by atoms with Crippen LogP contribution in [-0.2, 0) is 4.74 Å². The number of aliphatic hydroxyl groups is 1. The van der Waals surface area contributed by atoms with E-state index in [1.54, 1.807) is 0 Å². The highest BCUT2D eigenvalue weighted by molar-refractivity contribution is 7.80. The molecular weight excluding hydrogens is 248 g/mol. The van der Waals surface area contributed by atoms with Crippen LogP contribution in [-0.4, -0.2) is 32.0 Å². The van der Waals surface area contributed by atoms with Crippen LogP contribution in [0.4, 0.5) is 11.4 Å². The summed E-state index contributed by atoms with van der Waals surface area (Å²) in [6, 6.07) is 6.02. The van der Waals surface area contributed by atoms with Gasteiger partial charge in [0.15, 0.2) is 5.69 Å². The van der Waals surface area contributed by atoms with Gasteiger partial charge in [0.2, 0.25) is 0 Å². The summed E-state index contributed by atoms with van der Waals surface area (Å²) < 4.78 is 5.34. The molecule has 0 bridgehead atoms. The van der Waals surface area contributed by atoms with Crippen molar-refractivity contribution in [1.29, 1.82) is 0 Å². The van der Waals surface area contributed by atoms with Gasteiger partial charge in [0.25, 0.3) is 0 Å². The van der Waals surface area contributed by atoms with E-state index in [0.717, 1.165) is 61.9 Å². The van der Waals surface area contributed by atoms with E-state index in [-0.39, 0.29) is 0 Å². The molecule has 18 heavy (non-hydrogen) atoms. The predicted octanol–water partition coefficient (Wildman–Crippen LogP) is 1.30. The summed E-state index contributed by atoms with van der Waals surface area (Å²) in [7, 11) is 1.00. The van der Waals surface area contributed by atoms with Crippen LogP contribution in [0.15, 0.2) is 23.1 Å². The maximum atomic E-state index is 7.00. The Bertz CT molecular complexity index is 355. The Balaban J connectivity index is 0.000000771. The highest BCUT2D eigenvalue weighted by Gasteiger charge is 2.14. The predicted molar refractivity (Wildman–Crippen MR) is 76.4 cm³/mol. The van der Waals surface area contributed by atoms with Crippen molar-refractivity contribution in [3.8, 4) is 0 Å². The standard InChI is InChI=1S/C12H18N2OS.CH4O/c13-11-7-10(16)1-2-12(11)14-8-9-3-5-15-6-4-9;1-2/h1-2,7,9,14,16H,3-6,8,13H2;2H,1H3/p+1. The molecular formula is C13H23N2O2S+. The van der Waals surface area contributed by atoms with Crippen LogP contribution in [0.5, 0.6) is 0 Å². The van der Waals surface area contributed by atoms with Crippen molar-refractivity contribution in [2.24, 2.45) is 5.92 Å². The lowest BCUT2D eigenvalue weighted by Crippen LogP contribution is -2.41. The topological polar surface area (TPSA) is 69.1 Å². The first-order valence-corrected chi connectivity index (χ1v) is 6.62. The van der Waals surface area contributed by atoms with E-state index in [2.05, 4.69) is 23.7 Å². The number of hydrogen-bond donors (Lipinski definition) is 4. The number of aliphatic hydroxyl groups excluding tert-OH is 1. The number of hydrogen-bond acceptors (Lipinski definition) is 4. The SMILES string of the molecule is CO.[NH3+]c1cc(S)ccc1NCC1CCOCC1. The first-order chi connectivity index (χ1) is 8.75. The number of thiol groups is 1. The molecule has 102 valence electrons. The summed E-state index contributed by atoms with van der Waals surface area (Å²) in [4.78, 5) is 0.960. The summed E-state index contributed by atoms with van der Waals surface area (Å²) in [6.45, 7) is 2.82. The average molecular weight is 271 g/mol. The molecule has 1 aliphatic heterocycles. The molecule has 4 nitrogen and oxygen atoms in total. The molecule has 5 N–H and O–H groups in total. The lowest BCUT2D eigenvalue weighted by Gasteiger charge is -2.22. The van der Waals surface area contributed by atoms with Gasteiger partial charge < -0.3 is 20.9 Å². The first kappa shape index (κ1) is 15.3. The van der Waals surface area contributed by atoms with Gasteiger partial charge in [-0.25, -0.2) is 0 Å². The number of ether oxygens (including phenoxy) is 1. The minimum Gasteiger partial charge on any atom is -0.400 e. The van der Waals surface area contributed by atoms with Crippen LogP contribution < -0.4 is 11.1 Å². The van der Waals surface area contributed by atoms with Crippen molar-refractivity contribution in [2.45, 2.75) is 17.7 Å². The fourth-order valence-corrected chi connectivity index (χ4v) is 2.19. The van der Waals surface area contributed by atoms with Gasteiger partial charge >= 0.3 is 0 Å². The molecule has 0 aliphatic carbocycles. The molecule has 2 rings (SSSR count). The Morgan fingerprint density at radius 1 is 1.39 bits per heavy atom. The number of anilines is 1. The van der Waals surface area contributed by atoms with E-state index in [0.29, 0.717) is 0 Å². The van der Waals surface area contributed by atoms with E-state index in [4.69, 9.17) is 9.84 Å². The molecule has 1 aromatic carbocycles. The summed E-state index contributed by atoms with van der Waals surface area (Å²) in [5, 5.41) is 10.5. The number of quaternary nitrogens is 1. The molecule has 1 aromatic rings. The zero-order chi connectivity index (χ0) is 13.4. The highest BCUT2D eigenvalue weighted by atomic mass is 32.1. The van der Waals surface area contributed by atoms with Gasteiger partial charge in [-0.05, 0) is 30.9 Å². The van der Waals surface area contributed by atoms with Gasteiger partial charge in [-0.3, -0.25) is 0 Å². The molecule has 1 heterocycles. The van der Waals surface area contributed by atoms with Crippen molar-refractivity contribution >= 4 is 24.0 Å². The van der Waals surface area contributed by atoms with Crippen molar-refractivity contribution in [2.75, 3.05) is 32.2 Å². The van der Waals surface area contributed by atoms with Crippen molar-refractivity contribution in [3.05, 3.63) is 18.2 Å². The highest BCUT2D eigenvalue weighted by Crippen LogP contribution is 2.22. The second-order valence-electron chi connectivity index (χ2n) is 4.28. The fraction of sp³-hybridized carbons (Fsp3) is 0.538. The molecule has 0 saturated carbocycles. The van der Waals surface area contributed by atoms with Crippen LogP contribution in [0.1, 0.15) is 12.8 Å². The zero-order valence-electron chi connectivity index (χ0n) is 10.9. The monoisotopic (exact) mass is 271 g/mol. The summed E-state index contributed by atoms with van der Waals surface area (Å²) in [6.07, 6.45) is 2.31. The Labute approximate surface area is 114 Å². The maximum Gasteiger partial charge on any atom is 0.152 e. The van der Waals surface area contributed by atoms with Gasteiger partial charge in [0, 0.05) is 37.8 Å². The Kier molecular flexibility index (Phi) is 7.12. The number of rotatable bonds is 3.